The van der Waals surface area contributed by atoms with Gasteiger partial charge in [0.25, 0.3) is 0 Å². The van der Waals surface area contributed by atoms with Crippen molar-refractivity contribution in [2.45, 2.75) is 25.5 Å². The van der Waals surface area contributed by atoms with E-state index in [9.17, 15) is 14.0 Å². The highest BCUT2D eigenvalue weighted by Crippen LogP contribution is 2.27. The minimum absolute atomic E-state index is 0. The van der Waals surface area contributed by atoms with Crippen LogP contribution in [0.5, 0.6) is 5.88 Å². The summed E-state index contributed by atoms with van der Waals surface area (Å²) in [5.41, 5.74) is 10.2. The molecule has 1 aliphatic rings. The van der Waals surface area contributed by atoms with E-state index in [1.54, 1.807) is 58.1 Å². The number of amides is 1. The summed E-state index contributed by atoms with van der Waals surface area (Å²) in [7, 11) is 0. The van der Waals surface area contributed by atoms with Gasteiger partial charge in [-0.15, -0.1) is 5.10 Å². The lowest BCUT2D eigenvalue weighted by molar-refractivity contribution is -0.117. The maximum Gasteiger partial charge on any atom is 0.335 e. The van der Waals surface area contributed by atoms with E-state index >= 15 is 0 Å². The van der Waals surface area contributed by atoms with E-state index < -0.39 is 5.97 Å². The van der Waals surface area contributed by atoms with E-state index in [0.717, 1.165) is 22.5 Å². The number of carbonyl (C=O) groups is 2. The van der Waals surface area contributed by atoms with Crippen LogP contribution in [0.3, 0.4) is 0 Å². The summed E-state index contributed by atoms with van der Waals surface area (Å²) in [5, 5.41) is 13.0. The summed E-state index contributed by atoms with van der Waals surface area (Å²) in [6.45, 7) is 2.37. The van der Waals surface area contributed by atoms with Crippen molar-refractivity contribution in [2.75, 3.05) is 11.4 Å². The fraction of sp³-hybridized carbons (Fsp3) is 0.161. The third-order valence-electron chi connectivity index (χ3n) is 6.60. The van der Waals surface area contributed by atoms with E-state index in [4.69, 9.17) is 15.6 Å². The lowest BCUT2D eigenvalue weighted by atomic mass is 10.1. The van der Waals surface area contributed by atoms with Gasteiger partial charge in [0.2, 0.25) is 11.8 Å². The first kappa shape index (κ1) is 29.8. The number of carboxylic acids is 1. The van der Waals surface area contributed by atoms with Crippen molar-refractivity contribution in [2.24, 2.45) is 5.73 Å². The molecule has 10 nitrogen and oxygen atoms in total. The lowest BCUT2D eigenvalue weighted by Crippen LogP contribution is -2.27. The number of aromatic nitrogens is 3. The smallest absolute Gasteiger partial charge is 0.335 e. The Kier molecular flexibility index (Phi) is 9.25. The summed E-state index contributed by atoms with van der Waals surface area (Å²) in [6.07, 6.45) is 1.75. The van der Waals surface area contributed by atoms with E-state index in [2.05, 4.69) is 10.1 Å². The molecule has 6 rings (SSSR count). The van der Waals surface area contributed by atoms with Crippen LogP contribution in [0.1, 0.15) is 35.4 Å². The maximum atomic E-state index is 13.5. The molecule has 0 unspecified atom stereocenters. The van der Waals surface area contributed by atoms with Crippen LogP contribution in [0.25, 0.3) is 16.9 Å². The molecule has 5 aromatic rings. The molecule has 216 valence electrons. The number of benzene rings is 3. The molecule has 3 aromatic carbocycles. The Morgan fingerprint density at radius 1 is 1.05 bits per heavy atom. The Morgan fingerprint density at radius 2 is 1.79 bits per heavy atom. The highest BCUT2D eigenvalue weighted by atomic mass is 19.1. The van der Waals surface area contributed by atoms with E-state index in [1.807, 2.05) is 43.3 Å². The van der Waals surface area contributed by atoms with Gasteiger partial charge in [-0.05, 0) is 55.0 Å². The number of imidazole rings is 1. The quantitative estimate of drug-likeness (QED) is 0.308. The number of carboxylic acid groups (broad SMARTS) is 1. The van der Waals surface area contributed by atoms with Crippen molar-refractivity contribution in [3.8, 4) is 17.1 Å². The summed E-state index contributed by atoms with van der Waals surface area (Å²) in [6, 6.07) is 25.7. The number of carbonyl (C=O) groups excluding carboxylic acids is 1. The summed E-state index contributed by atoms with van der Waals surface area (Å²) >= 11 is 0. The zero-order valence-electron chi connectivity index (χ0n) is 22.7. The minimum Gasteiger partial charge on any atom is -0.478 e. The lowest BCUT2D eigenvalue weighted by Gasteiger charge is -2.16. The number of halogens is 1. The van der Waals surface area contributed by atoms with Crippen LogP contribution in [0.4, 0.5) is 10.1 Å². The summed E-state index contributed by atoms with van der Waals surface area (Å²) in [4.78, 5) is 28.4. The molecular weight excluding hydrogens is 541 g/mol. The third kappa shape index (κ3) is 6.77. The van der Waals surface area contributed by atoms with Crippen LogP contribution < -0.4 is 15.4 Å². The van der Waals surface area contributed by atoms with Crippen LogP contribution in [-0.2, 0) is 4.79 Å². The van der Waals surface area contributed by atoms with Crippen LogP contribution in [0.15, 0.2) is 97.2 Å². The first-order valence-corrected chi connectivity index (χ1v) is 13.0. The van der Waals surface area contributed by atoms with Gasteiger partial charge in [-0.25, -0.2) is 18.7 Å². The normalized spacial score (nSPS) is 15.0. The molecule has 5 N–H and O–H groups in total. The number of ether oxygens (including phenoxy) is 1. The first-order valence-electron chi connectivity index (χ1n) is 13.0. The molecule has 0 bridgehead atoms. The first-order chi connectivity index (χ1) is 19.8. The second kappa shape index (κ2) is 13.0. The Labute approximate surface area is 241 Å². The van der Waals surface area contributed by atoms with Crippen LogP contribution in [-0.4, -0.2) is 49.6 Å². The standard InChI is InChI=1S/C24H22FN5O2.C7H6O2.H2O/c1-15(17-3-2-4-18(25)11-17)32-23-10-9-22-27-13-21(30(22)28-23)16-5-7-20(8-6-16)29-14-19(26)12-24(29)31;8-7(9)6-4-2-1-3-5-6;/h2-11,13,15,19H,12,14,26H2,1H3;1-5H,(H,8,9);1H2/t15-,19+;;/m1../s1. The number of nitrogens with zero attached hydrogens (tertiary/aromatic N) is 4. The van der Waals surface area contributed by atoms with Crippen LogP contribution in [0, 0.1) is 5.82 Å². The van der Waals surface area contributed by atoms with E-state index in [-0.39, 0.29) is 29.3 Å². The predicted octanol–water partition coefficient (Wildman–Crippen LogP) is 4.30. The number of hydrogen-bond donors (Lipinski definition) is 2. The van der Waals surface area contributed by atoms with E-state index in [1.165, 1.54) is 12.1 Å². The Balaban J connectivity index is 0.000000349. The third-order valence-corrected chi connectivity index (χ3v) is 6.60. The second-order valence-electron chi connectivity index (χ2n) is 9.59. The minimum atomic E-state index is -0.879. The van der Waals surface area contributed by atoms with Crippen LogP contribution in [0.2, 0.25) is 0 Å². The topological polar surface area (TPSA) is 155 Å². The average molecular weight is 572 g/mol. The number of nitrogens with two attached hydrogens (primary N) is 1. The number of anilines is 1. The summed E-state index contributed by atoms with van der Waals surface area (Å²) < 4.78 is 21.2. The van der Waals surface area contributed by atoms with Crippen molar-refractivity contribution >= 4 is 23.2 Å². The van der Waals surface area contributed by atoms with Gasteiger partial charge in [0.1, 0.15) is 11.9 Å². The summed E-state index contributed by atoms with van der Waals surface area (Å²) in [5.74, 6) is -0.743. The molecule has 0 spiro atoms. The largest absolute Gasteiger partial charge is 0.478 e. The van der Waals surface area contributed by atoms with Gasteiger partial charge >= 0.3 is 5.97 Å². The Hall–Kier alpha value is -5.13. The molecule has 2 atom stereocenters. The molecule has 3 heterocycles. The molecule has 0 aliphatic carbocycles. The molecule has 1 saturated heterocycles. The zero-order valence-corrected chi connectivity index (χ0v) is 22.7. The SMILES string of the molecule is C[C@@H](Oc1ccc2ncc(-c3ccc(N4C[C@@H](N)CC4=O)cc3)n2n1)c1cccc(F)c1.O.O=C(O)c1ccccc1. The number of fused-ring (bicyclic) bond motifs is 1. The van der Waals surface area contributed by atoms with Crippen molar-refractivity contribution < 1.29 is 29.3 Å². The van der Waals surface area contributed by atoms with E-state index in [0.29, 0.717) is 30.1 Å². The molecule has 2 aromatic heterocycles. The Morgan fingerprint density at radius 3 is 2.40 bits per heavy atom. The molecule has 1 fully saturated rings. The molecule has 1 aliphatic heterocycles. The predicted molar refractivity (Wildman–Crippen MR) is 156 cm³/mol. The van der Waals surface area contributed by atoms with Gasteiger partial charge in [0, 0.05) is 36.3 Å². The maximum absolute atomic E-state index is 13.5. The number of rotatable bonds is 6. The van der Waals surface area contributed by atoms with Gasteiger partial charge in [0.05, 0.1) is 17.5 Å². The fourth-order valence-electron chi connectivity index (χ4n) is 4.50. The fourth-order valence-corrected chi connectivity index (χ4v) is 4.50. The van der Waals surface area contributed by atoms with Crippen molar-refractivity contribution in [1.82, 2.24) is 14.6 Å². The van der Waals surface area contributed by atoms with Gasteiger partial charge in [0.15, 0.2) is 5.65 Å². The molecule has 0 radical (unpaired) electrons. The molecule has 0 saturated carbocycles. The van der Waals surface area contributed by atoms with Crippen molar-refractivity contribution in [1.29, 1.82) is 0 Å². The van der Waals surface area contributed by atoms with Crippen molar-refractivity contribution in [3.63, 3.8) is 0 Å². The number of aromatic carboxylic acids is 1. The second-order valence-corrected chi connectivity index (χ2v) is 9.59. The zero-order chi connectivity index (χ0) is 28.9. The molecule has 42 heavy (non-hydrogen) atoms. The average Bonchev–Trinajstić information content (AvgIpc) is 3.55. The van der Waals surface area contributed by atoms with Gasteiger partial charge in [-0.2, -0.15) is 0 Å². The highest BCUT2D eigenvalue weighted by molar-refractivity contribution is 5.96. The molecule has 11 heteroatoms. The highest BCUT2D eigenvalue weighted by Gasteiger charge is 2.28. The van der Waals surface area contributed by atoms with Gasteiger partial charge < -0.3 is 26.0 Å². The molecular formula is C31H30FN5O5. The van der Waals surface area contributed by atoms with Crippen molar-refractivity contribution in [3.05, 3.63) is 114 Å². The number of hydrogen-bond acceptors (Lipinski definition) is 6. The van der Waals surface area contributed by atoms with Crippen LogP contribution >= 0.6 is 0 Å². The Bertz CT molecular complexity index is 1680. The van der Waals surface area contributed by atoms with Gasteiger partial charge in [-0.3, -0.25) is 4.79 Å². The monoisotopic (exact) mass is 571 g/mol. The van der Waals surface area contributed by atoms with Gasteiger partial charge in [-0.1, -0.05) is 42.5 Å². The molecule has 1 amide bonds.